The van der Waals surface area contributed by atoms with Gasteiger partial charge >= 0.3 is 12.0 Å². The SMILES string of the molecule is CCCOC(=O)c1ccccc1NC(=O)N=[N+]=[N-]. The van der Waals surface area contributed by atoms with E-state index in [1.165, 1.54) is 12.1 Å². The predicted molar refractivity (Wildman–Crippen MR) is 65.2 cm³/mol. The van der Waals surface area contributed by atoms with Crippen molar-refractivity contribution in [3.63, 3.8) is 0 Å². The number of ether oxygens (including phenoxy) is 1. The number of rotatable bonds is 4. The van der Waals surface area contributed by atoms with E-state index in [0.29, 0.717) is 13.0 Å². The highest BCUT2D eigenvalue weighted by atomic mass is 16.5. The van der Waals surface area contributed by atoms with Crippen molar-refractivity contribution in [3.8, 4) is 0 Å². The molecule has 0 spiro atoms. The van der Waals surface area contributed by atoms with Crippen LogP contribution in [0.15, 0.2) is 29.4 Å². The number of carbonyl (C=O) groups excluding carboxylic acids is 2. The van der Waals surface area contributed by atoms with E-state index >= 15 is 0 Å². The number of para-hydroxylation sites is 1. The van der Waals surface area contributed by atoms with Crippen molar-refractivity contribution in [1.82, 2.24) is 0 Å². The Labute approximate surface area is 103 Å². The Balaban J connectivity index is 2.88. The maximum absolute atomic E-state index is 11.7. The zero-order chi connectivity index (χ0) is 13.4. The molecule has 1 rings (SSSR count). The van der Waals surface area contributed by atoms with Gasteiger partial charge < -0.3 is 10.1 Å². The number of carbonyl (C=O) groups is 2. The standard InChI is InChI=1S/C11H12N4O3/c1-2-7-18-10(16)8-5-3-4-6-9(8)13-11(17)14-15-12/h3-6H,2,7H2,1H3,(H,13,17). The summed E-state index contributed by atoms with van der Waals surface area (Å²) in [6.45, 7) is 2.18. The third-order valence-corrected chi connectivity index (χ3v) is 1.96. The molecule has 1 aromatic carbocycles. The Kier molecular flexibility index (Phi) is 5.21. The summed E-state index contributed by atoms with van der Waals surface area (Å²) in [6.07, 6.45) is 0.707. The molecule has 0 aliphatic rings. The quantitative estimate of drug-likeness (QED) is 0.383. The van der Waals surface area contributed by atoms with Gasteiger partial charge in [-0.15, -0.1) is 0 Å². The Morgan fingerprint density at radius 2 is 2.17 bits per heavy atom. The fraction of sp³-hybridized carbons (Fsp3) is 0.273. The van der Waals surface area contributed by atoms with Crippen molar-refractivity contribution < 1.29 is 14.3 Å². The third-order valence-electron chi connectivity index (χ3n) is 1.96. The van der Waals surface area contributed by atoms with Gasteiger partial charge in [-0.25, -0.2) is 4.79 Å². The van der Waals surface area contributed by atoms with Gasteiger partial charge in [0, 0.05) is 10.0 Å². The van der Waals surface area contributed by atoms with Gasteiger partial charge in [0.2, 0.25) is 0 Å². The van der Waals surface area contributed by atoms with Crippen LogP contribution >= 0.6 is 0 Å². The molecule has 0 aliphatic carbocycles. The van der Waals surface area contributed by atoms with Crippen LogP contribution in [-0.2, 0) is 4.74 Å². The summed E-state index contributed by atoms with van der Waals surface area (Å²) in [4.78, 5) is 25.2. The summed E-state index contributed by atoms with van der Waals surface area (Å²) >= 11 is 0. The maximum atomic E-state index is 11.7. The van der Waals surface area contributed by atoms with E-state index in [-0.39, 0.29) is 11.3 Å². The third kappa shape index (κ3) is 3.80. The molecule has 1 aromatic rings. The van der Waals surface area contributed by atoms with Crippen molar-refractivity contribution in [1.29, 1.82) is 0 Å². The number of urea groups is 1. The van der Waals surface area contributed by atoms with Gasteiger partial charge in [-0.05, 0) is 24.1 Å². The first kappa shape index (κ1) is 13.5. The fourth-order valence-electron chi connectivity index (χ4n) is 1.22. The lowest BCUT2D eigenvalue weighted by atomic mass is 10.2. The summed E-state index contributed by atoms with van der Waals surface area (Å²) in [6, 6.07) is 5.44. The van der Waals surface area contributed by atoms with Crippen LogP contribution in [0.2, 0.25) is 0 Å². The molecule has 0 aliphatic heterocycles. The summed E-state index contributed by atoms with van der Waals surface area (Å²) in [5.74, 6) is -0.534. The summed E-state index contributed by atoms with van der Waals surface area (Å²) < 4.78 is 4.97. The minimum atomic E-state index is -0.881. The number of nitrogens with one attached hydrogen (secondary N) is 1. The maximum Gasteiger partial charge on any atom is 0.340 e. The first-order valence-electron chi connectivity index (χ1n) is 5.31. The minimum absolute atomic E-state index is 0.215. The first-order valence-corrected chi connectivity index (χ1v) is 5.31. The highest BCUT2D eigenvalue weighted by Gasteiger charge is 2.13. The topological polar surface area (TPSA) is 104 Å². The van der Waals surface area contributed by atoms with E-state index in [2.05, 4.69) is 15.3 Å². The molecule has 0 saturated heterocycles. The number of esters is 1. The second-order valence-electron chi connectivity index (χ2n) is 3.30. The van der Waals surface area contributed by atoms with E-state index in [0.717, 1.165) is 0 Å². The van der Waals surface area contributed by atoms with Crippen molar-refractivity contribution in [2.24, 2.45) is 5.11 Å². The molecular weight excluding hydrogens is 236 g/mol. The van der Waals surface area contributed by atoms with E-state index < -0.39 is 12.0 Å². The van der Waals surface area contributed by atoms with Crippen molar-refractivity contribution in [3.05, 3.63) is 40.3 Å². The van der Waals surface area contributed by atoms with Crippen molar-refractivity contribution in [2.75, 3.05) is 11.9 Å². The van der Waals surface area contributed by atoms with E-state index in [9.17, 15) is 9.59 Å². The number of amides is 2. The van der Waals surface area contributed by atoms with Crippen LogP contribution in [0, 0.1) is 0 Å². The average Bonchev–Trinajstić information content (AvgIpc) is 2.37. The van der Waals surface area contributed by atoms with Gasteiger partial charge in [-0.2, -0.15) is 0 Å². The van der Waals surface area contributed by atoms with Crippen LogP contribution in [0.5, 0.6) is 0 Å². The second-order valence-corrected chi connectivity index (χ2v) is 3.30. The van der Waals surface area contributed by atoms with Crippen LogP contribution in [0.1, 0.15) is 23.7 Å². The molecule has 7 nitrogen and oxygen atoms in total. The molecule has 2 amide bonds. The second kappa shape index (κ2) is 6.93. The molecule has 0 fully saturated rings. The number of hydrogen-bond donors (Lipinski definition) is 1. The van der Waals surface area contributed by atoms with Crippen LogP contribution in [-0.4, -0.2) is 18.6 Å². The minimum Gasteiger partial charge on any atom is -0.462 e. The Bertz CT molecular complexity index is 495. The lowest BCUT2D eigenvalue weighted by Crippen LogP contribution is -2.12. The molecule has 0 saturated carbocycles. The number of nitrogens with zero attached hydrogens (tertiary/aromatic N) is 3. The molecule has 18 heavy (non-hydrogen) atoms. The van der Waals surface area contributed by atoms with E-state index in [4.69, 9.17) is 10.3 Å². The molecule has 1 N–H and O–H groups in total. The fourth-order valence-corrected chi connectivity index (χ4v) is 1.22. The molecule has 0 unspecified atom stereocenters. The zero-order valence-electron chi connectivity index (χ0n) is 9.79. The molecule has 0 bridgehead atoms. The summed E-state index contributed by atoms with van der Waals surface area (Å²) in [5.41, 5.74) is 8.58. The molecule has 0 radical (unpaired) electrons. The number of benzene rings is 1. The van der Waals surface area contributed by atoms with E-state index in [1.807, 2.05) is 6.92 Å². The first-order chi connectivity index (χ1) is 8.69. The van der Waals surface area contributed by atoms with Crippen LogP contribution in [0.25, 0.3) is 10.4 Å². The van der Waals surface area contributed by atoms with Crippen LogP contribution < -0.4 is 5.32 Å². The number of anilines is 1. The molecule has 0 aromatic heterocycles. The summed E-state index contributed by atoms with van der Waals surface area (Å²) in [7, 11) is 0. The highest BCUT2D eigenvalue weighted by Crippen LogP contribution is 2.16. The van der Waals surface area contributed by atoms with Gasteiger partial charge in [-0.3, -0.25) is 4.79 Å². The lowest BCUT2D eigenvalue weighted by Gasteiger charge is -2.08. The van der Waals surface area contributed by atoms with Gasteiger partial charge in [0.1, 0.15) is 0 Å². The van der Waals surface area contributed by atoms with Gasteiger partial charge in [0.25, 0.3) is 0 Å². The van der Waals surface area contributed by atoms with Crippen molar-refractivity contribution >= 4 is 17.7 Å². The smallest absolute Gasteiger partial charge is 0.340 e. The number of hydrogen-bond acceptors (Lipinski definition) is 3. The normalized spacial score (nSPS) is 9.17. The highest BCUT2D eigenvalue weighted by molar-refractivity contribution is 6.00. The van der Waals surface area contributed by atoms with Crippen LogP contribution in [0.4, 0.5) is 10.5 Å². The zero-order valence-corrected chi connectivity index (χ0v) is 9.79. The molecule has 7 heteroatoms. The lowest BCUT2D eigenvalue weighted by molar-refractivity contribution is 0.0506. The Morgan fingerprint density at radius 1 is 1.44 bits per heavy atom. The van der Waals surface area contributed by atoms with E-state index in [1.54, 1.807) is 12.1 Å². The Hall–Kier alpha value is -2.53. The largest absolute Gasteiger partial charge is 0.462 e. The monoisotopic (exact) mass is 248 g/mol. The molecule has 0 atom stereocenters. The predicted octanol–water partition coefficient (Wildman–Crippen LogP) is 3.10. The van der Waals surface area contributed by atoms with Crippen LogP contribution in [0.3, 0.4) is 0 Å². The Morgan fingerprint density at radius 3 is 2.83 bits per heavy atom. The average molecular weight is 248 g/mol. The molecule has 0 heterocycles. The number of azide groups is 1. The van der Waals surface area contributed by atoms with Crippen molar-refractivity contribution in [2.45, 2.75) is 13.3 Å². The van der Waals surface area contributed by atoms with Gasteiger partial charge in [0.05, 0.1) is 17.9 Å². The molecular formula is C11H12N4O3. The van der Waals surface area contributed by atoms with Gasteiger partial charge in [0.15, 0.2) is 0 Å². The van der Waals surface area contributed by atoms with Gasteiger partial charge in [-0.1, -0.05) is 19.1 Å². The summed E-state index contributed by atoms with van der Waals surface area (Å²) in [5, 5.41) is 5.17. The molecule has 94 valence electrons.